The van der Waals surface area contributed by atoms with Crippen molar-refractivity contribution in [1.82, 2.24) is 15.0 Å². The molecule has 1 aromatic heterocycles. The first-order valence-electron chi connectivity index (χ1n) is 7.17. The maximum Gasteiger partial charge on any atom is 0.292 e. The zero-order chi connectivity index (χ0) is 14.3. The molecule has 0 radical (unpaired) electrons. The quantitative estimate of drug-likeness (QED) is 0.836. The van der Waals surface area contributed by atoms with Crippen molar-refractivity contribution in [2.24, 2.45) is 0 Å². The highest BCUT2D eigenvalue weighted by molar-refractivity contribution is 5.91. The van der Waals surface area contributed by atoms with E-state index in [1.807, 2.05) is 4.90 Å². The fourth-order valence-electron chi connectivity index (χ4n) is 3.56. The van der Waals surface area contributed by atoms with Gasteiger partial charge < -0.3 is 14.2 Å². The number of carbonyl (C=O) groups is 1. The molecule has 1 aromatic rings. The Morgan fingerprint density at radius 1 is 1.40 bits per heavy atom. The van der Waals surface area contributed by atoms with Crippen LogP contribution in [0.2, 0.25) is 0 Å². The third kappa shape index (κ3) is 2.18. The lowest BCUT2D eigenvalue weighted by molar-refractivity contribution is 0.0310. The van der Waals surface area contributed by atoms with Crippen molar-refractivity contribution in [2.45, 2.75) is 44.8 Å². The molecule has 20 heavy (non-hydrogen) atoms. The molecule has 0 aromatic carbocycles. The van der Waals surface area contributed by atoms with Crippen molar-refractivity contribution in [2.75, 3.05) is 20.2 Å². The van der Waals surface area contributed by atoms with Crippen LogP contribution in [0, 0.1) is 0 Å². The molecule has 3 rings (SSSR count). The number of ether oxygens (including phenoxy) is 1. The molecule has 2 aliphatic rings. The Labute approximate surface area is 118 Å². The fourth-order valence-corrected chi connectivity index (χ4v) is 3.56. The number of carbonyl (C=O) groups excluding carboxylic acids is 1. The van der Waals surface area contributed by atoms with Gasteiger partial charge in [0, 0.05) is 31.2 Å². The summed E-state index contributed by atoms with van der Waals surface area (Å²) in [4.78, 5) is 16.9. The van der Waals surface area contributed by atoms with E-state index in [4.69, 9.17) is 9.26 Å². The summed E-state index contributed by atoms with van der Waals surface area (Å²) in [6.45, 7) is 6.00. The molecule has 2 atom stereocenters. The van der Waals surface area contributed by atoms with Gasteiger partial charge in [-0.25, -0.2) is 0 Å². The first kappa shape index (κ1) is 13.4. The van der Waals surface area contributed by atoms with Crippen LogP contribution in [0.25, 0.3) is 0 Å². The average molecular weight is 279 g/mol. The van der Waals surface area contributed by atoms with E-state index >= 15 is 0 Å². The average Bonchev–Trinajstić information content (AvgIpc) is 3.01. The minimum Gasteiger partial charge on any atom is -0.479 e. The molecule has 6 nitrogen and oxygen atoms in total. The number of fused-ring (bicyclic) bond motifs is 2. The lowest BCUT2D eigenvalue weighted by Crippen LogP contribution is -2.57. The van der Waals surface area contributed by atoms with Gasteiger partial charge in [-0.05, 0) is 31.8 Å². The van der Waals surface area contributed by atoms with Gasteiger partial charge in [-0.15, -0.1) is 0 Å². The lowest BCUT2D eigenvalue weighted by Gasteiger charge is -2.42. The number of likely N-dealkylation sites (tertiary alicyclic amines) is 1. The second kappa shape index (κ2) is 5.09. The maximum atomic E-state index is 12.4. The van der Waals surface area contributed by atoms with Crippen LogP contribution in [0.5, 0.6) is 5.88 Å². The number of rotatable bonds is 3. The standard InChI is InChI=1S/C14H21N3O3/c1-9(2)17-10-4-5-11(17)8-16(7-10)14(18)12-6-13(19-3)15-20-12/h6,9-11H,4-5,7-8H2,1-3H3. The van der Waals surface area contributed by atoms with Gasteiger partial charge in [0.25, 0.3) is 11.8 Å². The molecule has 1 amide bonds. The molecular formula is C14H21N3O3. The zero-order valence-electron chi connectivity index (χ0n) is 12.2. The molecule has 0 saturated carbocycles. The predicted octanol–water partition coefficient (Wildman–Crippen LogP) is 1.38. The molecular weight excluding hydrogens is 258 g/mol. The van der Waals surface area contributed by atoms with Gasteiger partial charge >= 0.3 is 0 Å². The Kier molecular flexibility index (Phi) is 3.41. The topological polar surface area (TPSA) is 58.8 Å². The summed E-state index contributed by atoms with van der Waals surface area (Å²) < 4.78 is 10.0. The van der Waals surface area contributed by atoms with E-state index in [2.05, 4.69) is 23.9 Å². The summed E-state index contributed by atoms with van der Waals surface area (Å²) >= 11 is 0. The fraction of sp³-hybridized carbons (Fsp3) is 0.714. The number of nitrogens with zero attached hydrogens (tertiary/aromatic N) is 3. The van der Waals surface area contributed by atoms with Crippen LogP contribution < -0.4 is 4.74 Å². The van der Waals surface area contributed by atoms with Crippen molar-refractivity contribution in [3.05, 3.63) is 11.8 Å². The monoisotopic (exact) mass is 279 g/mol. The minimum absolute atomic E-state index is 0.0823. The van der Waals surface area contributed by atoms with Crippen molar-refractivity contribution in [3.63, 3.8) is 0 Å². The number of methoxy groups -OCH3 is 1. The number of piperazine rings is 1. The van der Waals surface area contributed by atoms with Crippen LogP contribution >= 0.6 is 0 Å². The van der Waals surface area contributed by atoms with Gasteiger partial charge in [0.1, 0.15) is 0 Å². The Hall–Kier alpha value is -1.56. The van der Waals surface area contributed by atoms with E-state index in [1.165, 1.54) is 20.0 Å². The Morgan fingerprint density at radius 2 is 2.05 bits per heavy atom. The lowest BCUT2D eigenvalue weighted by atomic mass is 10.1. The molecule has 2 bridgehead atoms. The second-order valence-electron chi connectivity index (χ2n) is 5.87. The highest BCUT2D eigenvalue weighted by atomic mass is 16.5. The second-order valence-corrected chi connectivity index (χ2v) is 5.87. The predicted molar refractivity (Wildman–Crippen MR) is 72.7 cm³/mol. The Balaban J connectivity index is 1.72. The van der Waals surface area contributed by atoms with Crippen LogP contribution in [-0.4, -0.2) is 59.2 Å². The van der Waals surface area contributed by atoms with Gasteiger partial charge in [-0.1, -0.05) is 0 Å². The van der Waals surface area contributed by atoms with Crippen LogP contribution in [0.15, 0.2) is 10.6 Å². The van der Waals surface area contributed by atoms with E-state index in [9.17, 15) is 4.79 Å². The zero-order valence-corrected chi connectivity index (χ0v) is 12.2. The summed E-state index contributed by atoms with van der Waals surface area (Å²) in [6, 6.07) is 3.04. The van der Waals surface area contributed by atoms with E-state index in [-0.39, 0.29) is 11.7 Å². The maximum absolute atomic E-state index is 12.4. The van der Waals surface area contributed by atoms with Gasteiger partial charge in [-0.3, -0.25) is 9.69 Å². The van der Waals surface area contributed by atoms with E-state index in [0.717, 1.165) is 13.1 Å². The van der Waals surface area contributed by atoms with Crippen molar-refractivity contribution >= 4 is 5.91 Å². The third-order valence-corrected chi connectivity index (χ3v) is 4.33. The number of hydrogen-bond donors (Lipinski definition) is 0. The number of amides is 1. The van der Waals surface area contributed by atoms with Gasteiger partial charge in [0.15, 0.2) is 0 Å². The summed E-state index contributed by atoms with van der Waals surface area (Å²) in [7, 11) is 1.51. The summed E-state index contributed by atoms with van der Waals surface area (Å²) in [5, 5.41) is 3.69. The molecule has 2 unspecified atom stereocenters. The van der Waals surface area contributed by atoms with E-state index in [1.54, 1.807) is 6.07 Å². The SMILES string of the molecule is COc1cc(C(=O)N2CC3CCC(C2)N3C(C)C)on1. The molecule has 3 heterocycles. The third-order valence-electron chi connectivity index (χ3n) is 4.33. The van der Waals surface area contributed by atoms with Crippen molar-refractivity contribution in [3.8, 4) is 5.88 Å². The Morgan fingerprint density at radius 3 is 2.55 bits per heavy atom. The highest BCUT2D eigenvalue weighted by Gasteiger charge is 2.42. The molecule has 0 N–H and O–H groups in total. The summed E-state index contributed by atoms with van der Waals surface area (Å²) in [5.41, 5.74) is 0. The van der Waals surface area contributed by atoms with Gasteiger partial charge in [0.2, 0.25) is 5.76 Å². The van der Waals surface area contributed by atoms with E-state index in [0.29, 0.717) is 24.0 Å². The molecule has 2 aliphatic heterocycles. The molecule has 2 fully saturated rings. The van der Waals surface area contributed by atoms with Gasteiger partial charge in [-0.2, -0.15) is 0 Å². The highest BCUT2D eigenvalue weighted by Crippen LogP contribution is 2.32. The van der Waals surface area contributed by atoms with Crippen LogP contribution in [0.4, 0.5) is 0 Å². The molecule has 0 spiro atoms. The number of aromatic nitrogens is 1. The normalized spacial score (nSPS) is 26.3. The Bertz CT molecular complexity index is 486. The molecule has 0 aliphatic carbocycles. The van der Waals surface area contributed by atoms with Crippen LogP contribution in [0.1, 0.15) is 37.2 Å². The van der Waals surface area contributed by atoms with Crippen LogP contribution in [-0.2, 0) is 0 Å². The van der Waals surface area contributed by atoms with Crippen molar-refractivity contribution in [1.29, 1.82) is 0 Å². The van der Waals surface area contributed by atoms with Gasteiger partial charge in [0.05, 0.1) is 13.2 Å². The first-order chi connectivity index (χ1) is 9.60. The minimum atomic E-state index is -0.0823. The van der Waals surface area contributed by atoms with E-state index < -0.39 is 0 Å². The molecule has 6 heteroatoms. The summed E-state index contributed by atoms with van der Waals surface area (Å²) in [5.74, 6) is 0.525. The first-order valence-corrected chi connectivity index (χ1v) is 7.17. The number of hydrogen-bond acceptors (Lipinski definition) is 5. The van der Waals surface area contributed by atoms with Crippen molar-refractivity contribution < 1.29 is 14.1 Å². The smallest absolute Gasteiger partial charge is 0.292 e. The largest absolute Gasteiger partial charge is 0.479 e. The van der Waals surface area contributed by atoms with Crippen LogP contribution in [0.3, 0.4) is 0 Å². The molecule has 2 saturated heterocycles. The summed E-state index contributed by atoms with van der Waals surface area (Å²) in [6.07, 6.45) is 2.35. The molecule has 110 valence electrons.